The number of nitrogens with one attached hydrogen (secondary N) is 1. The second-order valence-corrected chi connectivity index (χ2v) is 13.1. The predicted molar refractivity (Wildman–Crippen MR) is 123 cm³/mol. The number of thiophene rings is 1. The van der Waals surface area contributed by atoms with Crippen LogP contribution in [0.5, 0.6) is 0 Å². The zero-order chi connectivity index (χ0) is 21.9. The molecule has 170 valence electrons. The van der Waals surface area contributed by atoms with Crippen molar-refractivity contribution in [1.82, 2.24) is 9.03 Å². The van der Waals surface area contributed by atoms with Gasteiger partial charge in [0.25, 0.3) is 0 Å². The second kappa shape index (κ2) is 9.70. The van der Waals surface area contributed by atoms with Crippen LogP contribution in [0, 0.1) is 0 Å². The zero-order valence-electron chi connectivity index (χ0n) is 17.6. The van der Waals surface area contributed by atoms with Crippen molar-refractivity contribution in [2.75, 3.05) is 0 Å². The minimum Gasteiger partial charge on any atom is -0.208 e. The van der Waals surface area contributed by atoms with E-state index in [1.165, 1.54) is 24.3 Å². The molecular weight excluding hydrogens is 452 g/mol. The maximum atomic E-state index is 13.6. The van der Waals surface area contributed by atoms with Crippen LogP contribution in [0.4, 0.5) is 0 Å². The Kier molecular flexibility index (Phi) is 7.17. The van der Waals surface area contributed by atoms with Crippen LogP contribution in [0.2, 0.25) is 0 Å². The number of rotatable bonds is 8. The molecule has 0 atom stereocenters. The molecule has 0 spiro atoms. The Morgan fingerprint density at radius 2 is 1.45 bits per heavy atom. The van der Waals surface area contributed by atoms with Gasteiger partial charge in [-0.15, -0.1) is 11.3 Å². The molecule has 0 radical (unpaired) electrons. The molecule has 1 heterocycles. The van der Waals surface area contributed by atoms with E-state index in [2.05, 4.69) is 4.72 Å². The quantitative estimate of drug-likeness (QED) is 0.601. The zero-order valence-corrected chi connectivity index (χ0v) is 20.0. The van der Waals surface area contributed by atoms with Gasteiger partial charge in [-0.3, -0.25) is 0 Å². The molecule has 31 heavy (non-hydrogen) atoms. The summed E-state index contributed by atoms with van der Waals surface area (Å²) >= 11 is 1.55. The highest BCUT2D eigenvalue weighted by Gasteiger charge is 2.33. The van der Waals surface area contributed by atoms with Gasteiger partial charge in [-0.2, -0.15) is 4.31 Å². The number of sulfonamides is 2. The lowest BCUT2D eigenvalue weighted by Crippen LogP contribution is -2.40. The Morgan fingerprint density at radius 3 is 2.06 bits per heavy atom. The van der Waals surface area contributed by atoms with E-state index < -0.39 is 20.0 Å². The largest absolute Gasteiger partial charge is 0.243 e. The molecule has 2 fully saturated rings. The van der Waals surface area contributed by atoms with E-state index in [1.54, 1.807) is 15.6 Å². The van der Waals surface area contributed by atoms with E-state index in [1.807, 2.05) is 17.5 Å². The van der Waals surface area contributed by atoms with Crippen LogP contribution in [0.25, 0.3) is 0 Å². The number of benzene rings is 1. The van der Waals surface area contributed by atoms with Crippen molar-refractivity contribution in [3.63, 3.8) is 0 Å². The molecule has 1 aromatic heterocycles. The highest BCUT2D eigenvalue weighted by molar-refractivity contribution is 7.89. The number of hydrogen-bond donors (Lipinski definition) is 1. The van der Waals surface area contributed by atoms with Crippen LogP contribution < -0.4 is 4.72 Å². The van der Waals surface area contributed by atoms with Crippen molar-refractivity contribution in [2.45, 2.75) is 86.2 Å². The van der Waals surface area contributed by atoms with Crippen molar-refractivity contribution < 1.29 is 16.8 Å². The van der Waals surface area contributed by atoms with Crippen LogP contribution in [0.15, 0.2) is 51.6 Å². The molecule has 0 amide bonds. The fourth-order valence-corrected chi connectivity index (χ4v) is 8.35. The Bertz CT molecular complexity index is 1050. The summed E-state index contributed by atoms with van der Waals surface area (Å²) in [6, 6.07) is 9.53. The summed E-state index contributed by atoms with van der Waals surface area (Å²) in [5, 5.41) is 1.96. The van der Waals surface area contributed by atoms with Crippen LogP contribution in [-0.4, -0.2) is 33.2 Å². The molecule has 0 unspecified atom stereocenters. The van der Waals surface area contributed by atoms with Crippen molar-refractivity contribution in [1.29, 1.82) is 0 Å². The van der Waals surface area contributed by atoms with Gasteiger partial charge in [0.15, 0.2) is 0 Å². The van der Waals surface area contributed by atoms with E-state index >= 15 is 0 Å². The second-order valence-electron chi connectivity index (χ2n) is 8.50. The van der Waals surface area contributed by atoms with E-state index in [9.17, 15) is 16.8 Å². The van der Waals surface area contributed by atoms with Gasteiger partial charge >= 0.3 is 0 Å². The molecule has 0 saturated heterocycles. The van der Waals surface area contributed by atoms with Gasteiger partial charge in [0.2, 0.25) is 20.0 Å². The molecule has 2 saturated carbocycles. The first-order valence-corrected chi connectivity index (χ1v) is 14.8. The standard InChI is InChI=1S/C22H30N2O4S3/c25-30(26,23-18-7-4-5-8-18)21-12-14-22(15-13-21)31(27,28)24(17-20-11-6-16-29-20)19-9-2-1-3-10-19/h6,11-16,18-19,23H,1-5,7-10,17H2. The molecule has 2 aliphatic rings. The van der Waals surface area contributed by atoms with Gasteiger partial charge in [0, 0.05) is 23.5 Å². The SMILES string of the molecule is O=S(=O)(NC1CCCC1)c1ccc(S(=O)(=O)N(Cc2cccs2)C2CCCCC2)cc1. The maximum absolute atomic E-state index is 13.6. The Hall–Kier alpha value is -1.26. The summed E-state index contributed by atoms with van der Waals surface area (Å²) < 4.78 is 56.8. The summed E-state index contributed by atoms with van der Waals surface area (Å²) in [6.07, 6.45) is 8.71. The summed E-state index contributed by atoms with van der Waals surface area (Å²) in [7, 11) is -7.38. The van der Waals surface area contributed by atoms with Crippen molar-refractivity contribution in [3.8, 4) is 0 Å². The van der Waals surface area contributed by atoms with Gasteiger partial charge in [-0.05, 0) is 61.4 Å². The Morgan fingerprint density at radius 1 is 0.839 bits per heavy atom. The van der Waals surface area contributed by atoms with Crippen LogP contribution in [0.3, 0.4) is 0 Å². The van der Waals surface area contributed by atoms with Crippen molar-refractivity contribution in [2.24, 2.45) is 0 Å². The minimum absolute atomic E-state index is 0.0201. The predicted octanol–water partition coefficient (Wildman–Crippen LogP) is 4.49. The lowest BCUT2D eigenvalue weighted by atomic mass is 9.95. The van der Waals surface area contributed by atoms with Crippen molar-refractivity contribution in [3.05, 3.63) is 46.7 Å². The molecular formula is C22H30N2O4S3. The van der Waals surface area contributed by atoms with Gasteiger partial charge in [0.05, 0.1) is 9.79 Å². The first-order valence-electron chi connectivity index (χ1n) is 11.0. The average molecular weight is 483 g/mol. The van der Waals surface area contributed by atoms with Crippen molar-refractivity contribution >= 4 is 31.4 Å². The van der Waals surface area contributed by atoms with Gasteiger partial charge in [-0.1, -0.05) is 38.2 Å². The summed E-state index contributed by atoms with van der Waals surface area (Å²) in [5.74, 6) is 0. The molecule has 4 rings (SSSR count). The van der Waals surface area contributed by atoms with Gasteiger partial charge in [0.1, 0.15) is 0 Å². The highest BCUT2D eigenvalue weighted by atomic mass is 32.2. The fraction of sp³-hybridized carbons (Fsp3) is 0.545. The topological polar surface area (TPSA) is 83.5 Å². The molecule has 0 aliphatic heterocycles. The normalized spacial score (nSPS) is 19.3. The van der Waals surface area contributed by atoms with Crippen LogP contribution in [0.1, 0.15) is 62.7 Å². The third-order valence-corrected chi connectivity index (χ3v) is 10.6. The molecule has 1 N–H and O–H groups in total. The van der Waals surface area contributed by atoms with Gasteiger partial charge in [-0.25, -0.2) is 21.6 Å². The van der Waals surface area contributed by atoms with Gasteiger partial charge < -0.3 is 0 Å². The average Bonchev–Trinajstić information content (AvgIpc) is 3.46. The lowest BCUT2D eigenvalue weighted by Gasteiger charge is -2.33. The van der Waals surface area contributed by atoms with Crippen LogP contribution >= 0.6 is 11.3 Å². The first-order chi connectivity index (χ1) is 14.9. The van der Waals surface area contributed by atoms with E-state index in [-0.39, 0.29) is 21.9 Å². The molecule has 1 aromatic carbocycles. The highest BCUT2D eigenvalue weighted by Crippen LogP contribution is 2.31. The Labute approximate surface area is 189 Å². The number of nitrogens with zero attached hydrogens (tertiary/aromatic N) is 1. The molecule has 2 aliphatic carbocycles. The first kappa shape index (κ1) is 22.9. The monoisotopic (exact) mass is 482 g/mol. The fourth-order valence-electron chi connectivity index (χ4n) is 4.59. The molecule has 6 nitrogen and oxygen atoms in total. The maximum Gasteiger partial charge on any atom is 0.243 e. The lowest BCUT2D eigenvalue weighted by molar-refractivity contribution is 0.249. The summed E-state index contributed by atoms with van der Waals surface area (Å²) in [4.78, 5) is 1.27. The van der Waals surface area contributed by atoms with E-state index in [0.717, 1.165) is 62.7 Å². The van der Waals surface area contributed by atoms with E-state index in [4.69, 9.17) is 0 Å². The number of hydrogen-bond acceptors (Lipinski definition) is 5. The molecule has 0 bridgehead atoms. The molecule has 2 aromatic rings. The molecule has 9 heteroatoms. The summed E-state index contributed by atoms with van der Waals surface area (Å²) in [5.41, 5.74) is 0. The third kappa shape index (κ3) is 5.39. The third-order valence-electron chi connectivity index (χ3n) is 6.29. The minimum atomic E-state index is -3.74. The Balaban J connectivity index is 1.57. The smallest absolute Gasteiger partial charge is 0.208 e. The summed E-state index contributed by atoms with van der Waals surface area (Å²) in [6.45, 7) is 0.355. The van der Waals surface area contributed by atoms with E-state index in [0.29, 0.717) is 6.54 Å². The van der Waals surface area contributed by atoms with Crippen LogP contribution in [-0.2, 0) is 26.6 Å².